The largest absolute Gasteiger partial charge is 0.465 e. The van der Waals surface area contributed by atoms with Crippen molar-refractivity contribution in [2.75, 3.05) is 13.2 Å². The third-order valence-electron chi connectivity index (χ3n) is 4.60. The van der Waals surface area contributed by atoms with Gasteiger partial charge in [-0.25, -0.2) is 0 Å². The second kappa shape index (κ2) is 8.25. The fraction of sp³-hybridized carbons (Fsp3) is 0.526. The molecule has 134 valence electrons. The number of piperidine rings is 1. The van der Waals surface area contributed by atoms with Gasteiger partial charge in [-0.1, -0.05) is 42.8 Å². The number of rotatable bonds is 6. The molecule has 0 aliphatic carbocycles. The van der Waals surface area contributed by atoms with Gasteiger partial charge in [-0.15, -0.1) is 0 Å². The van der Waals surface area contributed by atoms with Crippen molar-refractivity contribution in [1.82, 2.24) is 15.0 Å². The van der Waals surface area contributed by atoms with Crippen molar-refractivity contribution in [1.29, 1.82) is 0 Å². The lowest BCUT2D eigenvalue weighted by molar-refractivity contribution is -0.151. The number of nitrogens with zero attached hydrogens (tertiary/aromatic N) is 3. The number of benzene rings is 1. The van der Waals surface area contributed by atoms with Crippen molar-refractivity contribution in [2.45, 2.75) is 52.1 Å². The molecule has 1 aromatic heterocycles. The smallest absolute Gasteiger partial charge is 0.323 e. The first-order valence-corrected chi connectivity index (χ1v) is 9.03. The van der Waals surface area contributed by atoms with Crippen LogP contribution in [0.1, 0.15) is 44.6 Å². The molecule has 1 unspecified atom stereocenters. The molecule has 2 heterocycles. The maximum atomic E-state index is 12.2. The van der Waals surface area contributed by atoms with Crippen LogP contribution in [0.25, 0.3) is 11.4 Å². The van der Waals surface area contributed by atoms with E-state index < -0.39 is 0 Å². The van der Waals surface area contributed by atoms with E-state index in [4.69, 9.17) is 9.26 Å². The maximum absolute atomic E-state index is 12.2. The second-order valence-corrected chi connectivity index (χ2v) is 6.30. The molecule has 0 radical (unpaired) electrons. The van der Waals surface area contributed by atoms with Crippen LogP contribution in [0.15, 0.2) is 28.8 Å². The molecule has 1 saturated heterocycles. The minimum Gasteiger partial charge on any atom is -0.465 e. The van der Waals surface area contributed by atoms with Crippen molar-refractivity contribution >= 4 is 5.97 Å². The second-order valence-electron chi connectivity index (χ2n) is 6.30. The van der Waals surface area contributed by atoms with Crippen molar-refractivity contribution in [3.63, 3.8) is 0 Å². The standard InChI is InChI=1S/C19H25N3O3/c1-3-14-8-10-15(11-9-14)18-20-17(25-21-18)13-22-12-6-5-7-16(22)19(23)24-4-2/h8-11,16H,3-7,12-13H2,1-2H3. The highest BCUT2D eigenvalue weighted by atomic mass is 16.5. The number of esters is 1. The molecule has 3 rings (SSSR count). The summed E-state index contributed by atoms with van der Waals surface area (Å²) in [6, 6.07) is 7.96. The predicted octanol–water partition coefficient (Wildman–Crippen LogP) is 3.22. The molecule has 1 aliphatic heterocycles. The van der Waals surface area contributed by atoms with Gasteiger partial charge >= 0.3 is 5.97 Å². The fourth-order valence-electron chi connectivity index (χ4n) is 3.19. The number of carbonyl (C=O) groups is 1. The van der Waals surface area contributed by atoms with E-state index in [0.29, 0.717) is 24.9 Å². The zero-order chi connectivity index (χ0) is 17.6. The van der Waals surface area contributed by atoms with Crippen molar-refractivity contribution in [3.05, 3.63) is 35.7 Å². The van der Waals surface area contributed by atoms with E-state index >= 15 is 0 Å². The number of aromatic nitrogens is 2. The fourth-order valence-corrected chi connectivity index (χ4v) is 3.19. The molecule has 0 amide bonds. The van der Waals surface area contributed by atoms with Gasteiger partial charge in [-0.2, -0.15) is 4.98 Å². The zero-order valence-electron chi connectivity index (χ0n) is 14.9. The average Bonchev–Trinajstić information content (AvgIpc) is 3.11. The Bertz CT molecular complexity index is 696. The Balaban J connectivity index is 1.69. The molecule has 25 heavy (non-hydrogen) atoms. The lowest BCUT2D eigenvalue weighted by atomic mass is 10.0. The van der Waals surface area contributed by atoms with Crippen LogP contribution < -0.4 is 0 Å². The molecule has 1 aromatic carbocycles. The average molecular weight is 343 g/mol. The first-order chi connectivity index (χ1) is 12.2. The van der Waals surface area contributed by atoms with Gasteiger partial charge in [-0.05, 0) is 38.3 Å². The lowest BCUT2D eigenvalue weighted by Crippen LogP contribution is -2.45. The van der Waals surface area contributed by atoms with E-state index in [-0.39, 0.29) is 12.0 Å². The molecule has 1 aliphatic rings. The first kappa shape index (κ1) is 17.6. The topological polar surface area (TPSA) is 68.5 Å². The minimum absolute atomic E-state index is 0.155. The highest BCUT2D eigenvalue weighted by Crippen LogP contribution is 2.22. The highest BCUT2D eigenvalue weighted by Gasteiger charge is 2.31. The quantitative estimate of drug-likeness (QED) is 0.750. The highest BCUT2D eigenvalue weighted by molar-refractivity contribution is 5.75. The Morgan fingerprint density at radius 3 is 2.80 bits per heavy atom. The van der Waals surface area contributed by atoms with Crippen LogP contribution in [0.3, 0.4) is 0 Å². The van der Waals surface area contributed by atoms with Crippen LogP contribution in [0.4, 0.5) is 0 Å². The van der Waals surface area contributed by atoms with Gasteiger partial charge in [0.1, 0.15) is 6.04 Å². The summed E-state index contributed by atoms with van der Waals surface area (Å²) < 4.78 is 10.6. The number of aryl methyl sites for hydroxylation is 1. The van der Waals surface area contributed by atoms with Crippen molar-refractivity contribution in [3.8, 4) is 11.4 Å². The summed E-state index contributed by atoms with van der Waals surface area (Å²) in [5, 5.41) is 4.08. The van der Waals surface area contributed by atoms with Gasteiger partial charge in [0, 0.05) is 5.56 Å². The monoisotopic (exact) mass is 343 g/mol. The SMILES string of the molecule is CCOC(=O)C1CCCCN1Cc1nc(-c2ccc(CC)cc2)no1. The molecular weight excluding hydrogens is 318 g/mol. The van der Waals surface area contributed by atoms with Gasteiger partial charge in [0.25, 0.3) is 0 Å². The lowest BCUT2D eigenvalue weighted by Gasteiger charge is -2.32. The molecule has 6 heteroatoms. The summed E-state index contributed by atoms with van der Waals surface area (Å²) in [6.45, 7) is 5.68. The summed E-state index contributed by atoms with van der Waals surface area (Å²) in [6.07, 6.45) is 3.93. The third-order valence-corrected chi connectivity index (χ3v) is 4.60. The molecule has 0 saturated carbocycles. The van der Waals surface area contributed by atoms with E-state index in [1.165, 1.54) is 5.56 Å². The van der Waals surface area contributed by atoms with Crippen molar-refractivity contribution < 1.29 is 14.1 Å². The Hall–Kier alpha value is -2.21. The van der Waals surface area contributed by atoms with E-state index in [2.05, 4.69) is 34.1 Å². The Kier molecular flexibility index (Phi) is 5.81. The minimum atomic E-state index is -0.215. The number of ether oxygens (including phenoxy) is 1. The Morgan fingerprint density at radius 2 is 2.08 bits per heavy atom. The van der Waals surface area contributed by atoms with Gasteiger partial charge in [0.05, 0.1) is 13.2 Å². The molecule has 0 spiro atoms. The zero-order valence-corrected chi connectivity index (χ0v) is 14.9. The predicted molar refractivity (Wildman–Crippen MR) is 93.8 cm³/mol. The first-order valence-electron chi connectivity index (χ1n) is 9.03. The molecule has 6 nitrogen and oxygen atoms in total. The summed E-state index contributed by atoms with van der Waals surface area (Å²) in [5.41, 5.74) is 2.21. The molecule has 0 bridgehead atoms. The Morgan fingerprint density at radius 1 is 1.28 bits per heavy atom. The summed E-state index contributed by atoms with van der Waals surface area (Å²) in [7, 11) is 0. The number of hydrogen-bond donors (Lipinski definition) is 0. The van der Waals surface area contributed by atoms with Gasteiger partial charge < -0.3 is 9.26 Å². The van der Waals surface area contributed by atoms with E-state index in [0.717, 1.165) is 37.8 Å². The number of carbonyl (C=O) groups excluding carboxylic acids is 1. The third kappa shape index (κ3) is 4.25. The van der Waals surface area contributed by atoms with Gasteiger partial charge in [0.2, 0.25) is 11.7 Å². The van der Waals surface area contributed by atoms with Crippen LogP contribution in [0.2, 0.25) is 0 Å². The summed E-state index contributed by atoms with van der Waals surface area (Å²) in [5.74, 6) is 0.963. The molecule has 2 aromatic rings. The van der Waals surface area contributed by atoms with Gasteiger partial charge in [0.15, 0.2) is 0 Å². The summed E-state index contributed by atoms with van der Waals surface area (Å²) in [4.78, 5) is 18.7. The van der Waals surface area contributed by atoms with E-state index in [1.807, 2.05) is 19.1 Å². The van der Waals surface area contributed by atoms with E-state index in [1.54, 1.807) is 0 Å². The van der Waals surface area contributed by atoms with Crippen LogP contribution in [-0.4, -0.2) is 40.2 Å². The summed E-state index contributed by atoms with van der Waals surface area (Å²) >= 11 is 0. The van der Waals surface area contributed by atoms with Crippen LogP contribution in [0, 0.1) is 0 Å². The molecule has 1 fully saturated rings. The molecular formula is C19H25N3O3. The van der Waals surface area contributed by atoms with Crippen LogP contribution in [-0.2, 0) is 22.5 Å². The van der Waals surface area contributed by atoms with Gasteiger partial charge in [-0.3, -0.25) is 9.69 Å². The molecule has 1 atom stereocenters. The number of likely N-dealkylation sites (tertiary alicyclic amines) is 1. The number of hydrogen-bond acceptors (Lipinski definition) is 6. The van der Waals surface area contributed by atoms with Crippen molar-refractivity contribution in [2.24, 2.45) is 0 Å². The molecule has 0 N–H and O–H groups in total. The Labute approximate surface area is 148 Å². The van der Waals surface area contributed by atoms with Crippen LogP contribution in [0.5, 0.6) is 0 Å². The van der Waals surface area contributed by atoms with Crippen LogP contribution >= 0.6 is 0 Å². The maximum Gasteiger partial charge on any atom is 0.323 e. The normalized spacial score (nSPS) is 18.2. The van der Waals surface area contributed by atoms with E-state index in [9.17, 15) is 4.79 Å².